The Hall–Kier alpha value is -2.55. The Morgan fingerprint density at radius 2 is 1.97 bits per heavy atom. The molecular formula is C20H30N2O6Si. The number of ether oxygens (including phenoxy) is 2. The summed E-state index contributed by atoms with van der Waals surface area (Å²) in [7, 11) is -0.443. The molecule has 0 saturated carbocycles. The molecule has 2 rings (SSSR count). The van der Waals surface area contributed by atoms with Crippen molar-refractivity contribution in [2.45, 2.75) is 51.9 Å². The van der Waals surface area contributed by atoms with E-state index in [1.807, 2.05) is 6.07 Å². The highest BCUT2D eigenvalue weighted by atomic mass is 28.4. The summed E-state index contributed by atoms with van der Waals surface area (Å²) in [6.07, 6.45) is 0. The summed E-state index contributed by atoms with van der Waals surface area (Å²) in [5, 5.41) is 2.41. The van der Waals surface area contributed by atoms with Gasteiger partial charge in [-0.15, -0.1) is 0 Å². The molecule has 1 aromatic carbocycles. The van der Waals surface area contributed by atoms with Crippen LogP contribution in [0.5, 0.6) is 11.5 Å². The number of likely N-dealkylation sites (N-methyl/N-ethyl adjacent to an activating group) is 1. The Bertz CT molecular complexity index is 803. The number of hydrogen-bond donors (Lipinski definition) is 1. The highest BCUT2D eigenvalue weighted by Crippen LogP contribution is 2.40. The van der Waals surface area contributed by atoms with E-state index in [0.717, 1.165) is 0 Å². The van der Waals surface area contributed by atoms with Crippen LogP contribution in [0.1, 0.15) is 27.7 Å². The van der Waals surface area contributed by atoms with Gasteiger partial charge in [0, 0.05) is 13.1 Å². The Labute approximate surface area is 172 Å². The van der Waals surface area contributed by atoms with Crippen molar-refractivity contribution in [2.75, 3.05) is 25.2 Å². The SMILES string of the molecule is CCOC(=O)C(=O)N[C@H]1COc2cc(O[Si](C)(C)C(C)(C)C)ccc2N(C)C1=O. The molecule has 1 aliphatic heterocycles. The number of esters is 1. The molecule has 1 aliphatic rings. The second-order valence-electron chi connectivity index (χ2n) is 8.45. The lowest BCUT2D eigenvalue weighted by atomic mass is 10.2. The van der Waals surface area contributed by atoms with E-state index in [-0.39, 0.29) is 24.2 Å². The Morgan fingerprint density at radius 3 is 2.55 bits per heavy atom. The zero-order chi connectivity index (χ0) is 22.0. The van der Waals surface area contributed by atoms with Crippen LogP contribution in [-0.4, -0.2) is 52.4 Å². The van der Waals surface area contributed by atoms with Gasteiger partial charge in [-0.05, 0) is 37.2 Å². The predicted octanol–water partition coefficient (Wildman–Crippen LogP) is 2.47. The van der Waals surface area contributed by atoms with Gasteiger partial charge in [0.1, 0.15) is 24.1 Å². The summed E-state index contributed by atoms with van der Waals surface area (Å²) in [6, 6.07) is 4.32. The maximum atomic E-state index is 12.7. The minimum Gasteiger partial charge on any atom is -0.543 e. The van der Waals surface area contributed by atoms with Crippen molar-refractivity contribution in [1.29, 1.82) is 0 Å². The lowest BCUT2D eigenvalue weighted by molar-refractivity contribution is -0.155. The second kappa shape index (κ2) is 8.44. The van der Waals surface area contributed by atoms with E-state index in [0.29, 0.717) is 17.2 Å². The van der Waals surface area contributed by atoms with Crippen LogP contribution in [0, 0.1) is 0 Å². The third-order valence-corrected chi connectivity index (χ3v) is 9.63. The van der Waals surface area contributed by atoms with Gasteiger partial charge < -0.3 is 24.1 Å². The summed E-state index contributed by atoms with van der Waals surface area (Å²) in [5.74, 6) is -1.25. The molecule has 0 unspecified atom stereocenters. The van der Waals surface area contributed by atoms with Gasteiger partial charge in [-0.1, -0.05) is 20.8 Å². The molecule has 9 heteroatoms. The molecule has 2 amide bonds. The zero-order valence-corrected chi connectivity index (χ0v) is 19.1. The van der Waals surface area contributed by atoms with Crippen LogP contribution >= 0.6 is 0 Å². The minimum atomic E-state index is -2.03. The number of benzene rings is 1. The van der Waals surface area contributed by atoms with E-state index in [2.05, 4.69) is 43.9 Å². The van der Waals surface area contributed by atoms with Gasteiger partial charge in [0.05, 0.1) is 12.3 Å². The van der Waals surface area contributed by atoms with Gasteiger partial charge in [0.2, 0.25) is 8.32 Å². The third-order valence-electron chi connectivity index (χ3n) is 5.27. The molecule has 0 bridgehead atoms. The summed E-state index contributed by atoms with van der Waals surface area (Å²) in [6.45, 7) is 12.3. The fourth-order valence-corrected chi connectivity index (χ4v) is 3.53. The molecule has 8 nitrogen and oxygen atoms in total. The molecule has 1 atom stereocenters. The van der Waals surface area contributed by atoms with Crippen molar-refractivity contribution in [3.8, 4) is 11.5 Å². The van der Waals surface area contributed by atoms with Gasteiger partial charge in [-0.2, -0.15) is 0 Å². The van der Waals surface area contributed by atoms with Crippen LogP contribution < -0.4 is 19.4 Å². The maximum absolute atomic E-state index is 12.7. The number of amides is 2. The van der Waals surface area contributed by atoms with E-state index in [1.165, 1.54) is 4.90 Å². The van der Waals surface area contributed by atoms with Crippen molar-refractivity contribution in [3.05, 3.63) is 18.2 Å². The number of hydrogen-bond acceptors (Lipinski definition) is 6. The van der Waals surface area contributed by atoms with Crippen molar-refractivity contribution >= 4 is 31.8 Å². The van der Waals surface area contributed by atoms with E-state index in [1.54, 1.807) is 26.1 Å². The molecule has 1 N–H and O–H groups in total. The molecule has 0 aliphatic carbocycles. The van der Waals surface area contributed by atoms with Gasteiger partial charge in [-0.3, -0.25) is 9.59 Å². The highest BCUT2D eigenvalue weighted by molar-refractivity contribution is 6.74. The summed E-state index contributed by atoms with van der Waals surface area (Å²) in [5.41, 5.74) is 0.561. The molecule has 0 radical (unpaired) electrons. The van der Waals surface area contributed by atoms with E-state index >= 15 is 0 Å². The number of carbonyl (C=O) groups excluding carboxylic acids is 3. The topological polar surface area (TPSA) is 94.2 Å². The maximum Gasteiger partial charge on any atom is 0.396 e. The zero-order valence-electron chi connectivity index (χ0n) is 18.1. The molecular weight excluding hydrogens is 392 g/mol. The first-order valence-corrected chi connectivity index (χ1v) is 12.5. The van der Waals surface area contributed by atoms with Crippen LogP contribution in [0.2, 0.25) is 18.1 Å². The van der Waals surface area contributed by atoms with Crippen molar-refractivity contribution < 1.29 is 28.3 Å². The Kier molecular flexibility index (Phi) is 6.62. The van der Waals surface area contributed by atoms with E-state index < -0.39 is 26.2 Å². The molecule has 0 spiro atoms. The second-order valence-corrected chi connectivity index (χ2v) is 13.2. The predicted molar refractivity (Wildman–Crippen MR) is 112 cm³/mol. The summed E-state index contributed by atoms with van der Waals surface area (Å²) < 4.78 is 16.8. The van der Waals surface area contributed by atoms with Gasteiger partial charge in [0.15, 0.2) is 0 Å². The molecule has 0 aromatic heterocycles. The van der Waals surface area contributed by atoms with Crippen molar-refractivity contribution in [1.82, 2.24) is 5.32 Å². The lowest BCUT2D eigenvalue weighted by Gasteiger charge is -2.36. The molecule has 1 heterocycles. The van der Waals surface area contributed by atoms with Crippen LogP contribution in [-0.2, 0) is 19.1 Å². The average Bonchev–Trinajstić information content (AvgIpc) is 2.72. The first-order valence-electron chi connectivity index (χ1n) is 9.58. The molecule has 0 fully saturated rings. The smallest absolute Gasteiger partial charge is 0.396 e. The number of nitrogens with one attached hydrogen (secondary N) is 1. The lowest BCUT2D eigenvalue weighted by Crippen LogP contribution is -2.51. The normalized spacial score (nSPS) is 17.0. The number of carbonyl (C=O) groups is 3. The van der Waals surface area contributed by atoms with Crippen LogP contribution in [0.15, 0.2) is 18.2 Å². The molecule has 160 valence electrons. The van der Waals surface area contributed by atoms with Crippen molar-refractivity contribution in [2.24, 2.45) is 0 Å². The fraction of sp³-hybridized carbons (Fsp3) is 0.550. The van der Waals surface area contributed by atoms with Crippen LogP contribution in [0.3, 0.4) is 0 Å². The standard InChI is InChI=1S/C20H30N2O6Si/c1-8-26-19(25)17(23)21-14-12-27-16-11-13(28-29(6,7)20(2,3)4)9-10-15(16)22(5)18(14)24/h9-11,14H,8,12H2,1-7H3,(H,21,23)/t14-/m0/s1. The first kappa shape index (κ1) is 22.7. The first-order chi connectivity index (χ1) is 13.4. The summed E-state index contributed by atoms with van der Waals surface area (Å²) in [4.78, 5) is 37.6. The molecule has 0 saturated heterocycles. The Morgan fingerprint density at radius 1 is 1.31 bits per heavy atom. The average molecular weight is 423 g/mol. The van der Waals surface area contributed by atoms with Gasteiger partial charge in [-0.25, -0.2) is 4.79 Å². The number of rotatable bonds is 4. The van der Waals surface area contributed by atoms with E-state index in [4.69, 9.17) is 9.16 Å². The molecule has 1 aromatic rings. The monoisotopic (exact) mass is 422 g/mol. The van der Waals surface area contributed by atoms with Crippen LogP contribution in [0.25, 0.3) is 0 Å². The number of nitrogens with zero attached hydrogens (tertiary/aromatic N) is 1. The van der Waals surface area contributed by atoms with Gasteiger partial charge >= 0.3 is 11.9 Å². The number of fused-ring (bicyclic) bond motifs is 1. The number of anilines is 1. The highest BCUT2D eigenvalue weighted by Gasteiger charge is 2.39. The van der Waals surface area contributed by atoms with Gasteiger partial charge in [0.25, 0.3) is 5.91 Å². The minimum absolute atomic E-state index is 0.0376. The van der Waals surface area contributed by atoms with E-state index in [9.17, 15) is 14.4 Å². The quantitative estimate of drug-likeness (QED) is 0.455. The fourth-order valence-electron chi connectivity index (χ4n) is 2.51. The van der Waals surface area contributed by atoms with Crippen molar-refractivity contribution in [3.63, 3.8) is 0 Å². The third kappa shape index (κ3) is 5.09. The van der Waals surface area contributed by atoms with Crippen LogP contribution in [0.4, 0.5) is 5.69 Å². The largest absolute Gasteiger partial charge is 0.543 e. The summed E-state index contributed by atoms with van der Waals surface area (Å²) >= 11 is 0. The molecule has 29 heavy (non-hydrogen) atoms. The Balaban J connectivity index is 2.21.